The minimum absolute atomic E-state index is 0.0945. The van der Waals surface area contributed by atoms with Gasteiger partial charge < -0.3 is 9.13 Å². The molecule has 2 aliphatic rings. The zero-order valence-electron chi connectivity index (χ0n) is 82.3. The van der Waals surface area contributed by atoms with E-state index in [-0.39, 0.29) is 45.4 Å². The first-order valence-electron chi connectivity index (χ1n) is 53.2. The van der Waals surface area contributed by atoms with Gasteiger partial charge in [0.25, 0.3) is 11.1 Å². The molecule has 2 unspecified atom stereocenters. The number of aryl methyl sites for hydroxylation is 4. The number of carbonyl (C=O) groups excluding carboxylic acids is 4. The van der Waals surface area contributed by atoms with Crippen LogP contribution in [0, 0.1) is 11.8 Å². The molecular weight excluding hydrogens is 1800 g/mol. The number of Topliss-reactive ketones (excluding diaryl/α,β-unsaturated/α-hetero) is 4. The zero-order valence-corrected chi connectivity index (χ0v) is 88.9. The van der Waals surface area contributed by atoms with Crippen LogP contribution in [0.15, 0.2) is 118 Å². The van der Waals surface area contributed by atoms with E-state index in [1.165, 1.54) is 276 Å². The number of nitrogens with zero attached hydrogens (tertiary/aromatic N) is 2. The van der Waals surface area contributed by atoms with Crippen molar-refractivity contribution in [3.63, 3.8) is 0 Å². The molecule has 0 N–H and O–H groups in total. The third-order valence-corrected chi connectivity index (χ3v) is 38.9. The van der Waals surface area contributed by atoms with Crippen molar-refractivity contribution in [2.24, 2.45) is 11.8 Å². The fraction of sp³-hybridized carbons (Fsp3) is 0.542. The van der Waals surface area contributed by atoms with Crippen LogP contribution in [0.5, 0.6) is 0 Å². The van der Waals surface area contributed by atoms with E-state index in [4.69, 9.17) is 0 Å². The van der Waals surface area contributed by atoms with Crippen LogP contribution in [-0.2, 0) is 38.8 Å². The topological polar surface area (TPSA) is 112 Å². The standard InChI is InChI=1S/C118H152N2O6S8/c1-9-17-25-33-37-39-43-47-59-81(57-45-41-35-27-19-11-3)79-119-97-77-103(111-85(63-51-31-23-15-7)71-101(131-111)109-83(61-49-29-21-13-5)69-87(127-109)73-93-105(121)89-65-53-54-66-90(89)106(93)122)133-115(97)113-95(117(119)125)75-99(129-113)100-76-96-114(130-100)116-98(120(118(96)126)80-82(58-46-42-36-28-20-12-4)60-48-44-40-38-34-26-18-10-2)78-104(134-116)112-86(64-52-32-24-16-8)72-102(132-112)110-84(62-50-30-22-14-6)70-88(128-110)74-94-107(123)91-67-55-56-68-92(91)108(94)124/h53-56,65-78,81-82H,9-52,57-64,79-80H2,1-8H3. The summed E-state index contributed by atoms with van der Waals surface area (Å²) in [4.78, 5) is 103. The summed E-state index contributed by atoms with van der Waals surface area (Å²) in [5.41, 5.74) is 9.98. The van der Waals surface area contributed by atoms with Gasteiger partial charge in [-0.25, -0.2) is 0 Å². The van der Waals surface area contributed by atoms with Crippen molar-refractivity contribution in [2.45, 2.75) is 402 Å². The first-order valence-corrected chi connectivity index (χ1v) is 59.7. The van der Waals surface area contributed by atoms with Gasteiger partial charge in [-0.1, -0.05) is 361 Å². The summed E-state index contributed by atoms with van der Waals surface area (Å²) in [6.45, 7) is 19.7. The number of rotatable bonds is 63. The normalized spacial score (nSPS) is 13.4. The van der Waals surface area contributed by atoms with Crippen LogP contribution in [-0.4, -0.2) is 32.3 Å². The molecule has 10 heterocycles. The van der Waals surface area contributed by atoms with Gasteiger partial charge in [-0.05, 0) is 172 Å². The largest absolute Gasteiger partial charge is 0.307 e. The van der Waals surface area contributed by atoms with Crippen molar-refractivity contribution in [2.75, 3.05) is 0 Å². The summed E-state index contributed by atoms with van der Waals surface area (Å²) in [5, 5.41) is 1.56. The molecule has 12 aromatic rings. The number of fused-ring (bicyclic) bond motifs is 8. The average molecular weight is 1950 g/mol. The molecule has 0 fully saturated rings. The van der Waals surface area contributed by atoms with E-state index in [0.29, 0.717) is 47.2 Å². The second-order valence-corrected chi connectivity index (χ2v) is 47.7. The summed E-state index contributed by atoms with van der Waals surface area (Å²) in [5.74, 6) is -0.0701. The lowest BCUT2D eigenvalue weighted by Gasteiger charge is -2.19. The quantitative estimate of drug-likeness (QED) is 0.0213. The van der Waals surface area contributed by atoms with E-state index in [2.05, 4.69) is 113 Å². The van der Waals surface area contributed by atoms with Gasteiger partial charge in [-0.3, -0.25) is 28.8 Å². The molecule has 2 aliphatic carbocycles. The molecule has 0 saturated carbocycles. The maximum Gasteiger partial charge on any atom is 0.259 e. The van der Waals surface area contributed by atoms with Gasteiger partial charge in [0, 0.05) is 93.9 Å². The Labute approximate surface area is 833 Å². The summed E-state index contributed by atoms with van der Waals surface area (Å²) in [7, 11) is 0. The minimum Gasteiger partial charge on any atom is -0.307 e. The van der Waals surface area contributed by atoms with Crippen molar-refractivity contribution >= 4 is 167 Å². The van der Waals surface area contributed by atoms with Crippen LogP contribution >= 0.6 is 90.7 Å². The molecule has 8 nitrogen and oxygen atoms in total. The third kappa shape index (κ3) is 26.2. The molecule has 2 aromatic carbocycles. The summed E-state index contributed by atoms with van der Waals surface area (Å²) in [6.07, 6.45) is 65.3. The number of hydrogen-bond donors (Lipinski definition) is 0. The zero-order chi connectivity index (χ0) is 93.7. The predicted octanol–water partition coefficient (Wildman–Crippen LogP) is 38.7. The highest BCUT2D eigenvalue weighted by atomic mass is 32.1. The molecule has 14 rings (SSSR count). The summed E-state index contributed by atoms with van der Waals surface area (Å²) < 4.78 is 8.91. The van der Waals surface area contributed by atoms with Crippen molar-refractivity contribution in [3.8, 4) is 48.8 Å². The predicted molar refractivity (Wildman–Crippen MR) is 590 cm³/mol. The Morgan fingerprint density at radius 1 is 0.254 bits per heavy atom. The first-order chi connectivity index (χ1) is 65.7. The SMILES string of the molecule is CCCCCCCCCCC(CCCCCCCC)Cn1c(=O)c2cc(-c3cc4c(=O)n(CC(CCCCCCCC)CCCCCCCCCC)c5cc(-c6sc(-c7sc(C=C8C(=O)c9ccccc9C8=O)cc7CCCCCC)cc6CCCCCC)sc5c4s3)sc2c2sc(-c3sc(-c4sc(C=C5C(=O)c6ccccc6C5=O)cc4CCCCCC)cc3CCCCCC)cc21. The molecule has 10 aromatic heterocycles. The second-order valence-electron chi connectivity index (χ2n) is 39.3. The van der Waals surface area contributed by atoms with Gasteiger partial charge in [0.2, 0.25) is 0 Å². The molecule has 0 saturated heterocycles. The number of thiophene rings is 8. The van der Waals surface area contributed by atoms with E-state index in [9.17, 15) is 19.2 Å². The maximum atomic E-state index is 16.6. The maximum absolute atomic E-state index is 16.6. The van der Waals surface area contributed by atoms with Crippen molar-refractivity contribution < 1.29 is 19.2 Å². The Kier molecular flexibility index (Phi) is 40.7. The van der Waals surface area contributed by atoms with Crippen LogP contribution < -0.4 is 11.1 Å². The van der Waals surface area contributed by atoms with Gasteiger partial charge in [0.15, 0.2) is 23.1 Å². The van der Waals surface area contributed by atoms with E-state index in [1.54, 1.807) is 69.6 Å². The van der Waals surface area contributed by atoms with Crippen LogP contribution in [0.2, 0.25) is 0 Å². The second kappa shape index (κ2) is 53.0. The number of carbonyl (C=O) groups is 4. The highest BCUT2D eigenvalue weighted by Gasteiger charge is 2.36. The Bertz CT molecular complexity index is 5620. The highest BCUT2D eigenvalue weighted by molar-refractivity contribution is 7.35. The molecule has 718 valence electrons. The number of unbranched alkanes of at least 4 members (excludes halogenated alkanes) is 36. The third-order valence-electron chi connectivity index (χ3n) is 28.6. The lowest BCUT2D eigenvalue weighted by atomic mass is 9.93. The fourth-order valence-corrected chi connectivity index (χ4v) is 31.0. The number of aromatic nitrogens is 2. The van der Waals surface area contributed by atoms with Crippen molar-refractivity contribution in [1.29, 1.82) is 0 Å². The number of benzene rings is 2. The lowest BCUT2D eigenvalue weighted by molar-refractivity contribution is 0.0975. The van der Waals surface area contributed by atoms with Crippen LogP contribution in [0.25, 0.3) is 102 Å². The Morgan fingerprint density at radius 2 is 0.500 bits per heavy atom. The Morgan fingerprint density at radius 3 is 0.791 bits per heavy atom. The number of allylic oxidation sites excluding steroid dienone is 2. The first kappa shape index (κ1) is 103. The van der Waals surface area contributed by atoms with E-state index < -0.39 is 0 Å². The summed E-state index contributed by atoms with van der Waals surface area (Å²) in [6, 6.07) is 33.4. The minimum atomic E-state index is -0.193. The van der Waals surface area contributed by atoms with Crippen LogP contribution in [0.1, 0.15) is 437 Å². The van der Waals surface area contributed by atoms with Crippen molar-refractivity contribution in [3.05, 3.63) is 183 Å². The number of hydrogen-bond acceptors (Lipinski definition) is 14. The van der Waals surface area contributed by atoms with Gasteiger partial charge in [0.05, 0.1) is 51.8 Å². The molecular formula is C118H152N2O6S8. The highest BCUT2D eigenvalue weighted by Crippen LogP contribution is 2.53. The summed E-state index contributed by atoms with van der Waals surface area (Å²) >= 11 is 14.5. The monoisotopic (exact) mass is 1950 g/mol. The Hall–Kier alpha value is -6.86. The van der Waals surface area contributed by atoms with Crippen LogP contribution in [0.4, 0.5) is 0 Å². The molecule has 0 radical (unpaired) electrons. The molecule has 0 aliphatic heterocycles. The fourth-order valence-electron chi connectivity index (χ4n) is 20.8. The molecule has 0 bridgehead atoms. The van der Waals surface area contributed by atoms with Crippen LogP contribution in [0.3, 0.4) is 0 Å². The van der Waals surface area contributed by atoms with E-state index in [0.717, 1.165) is 179 Å². The van der Waals surface area contributed by atoms with E-state index in [1.807, 2.05) is 81.8 Å². The van der Waals surface area contributed by atoms with Gasteiger partial charge in [-0.2, -0.15) is 0 Å². The average Bonchev–Trinajstić information content (AvgIpc) is 1.57. The van der Waals surface area contributed by atoms with Crippen molar-refractivity contribution in [1.82, 2.24) is 9.13 Å². The smallest absolute Gasteiger partial charge is 0.259 e. The Balaban J connectivity index is 0.920. The molecule has 16 heteroatoms. The lowest BCUT2D eigenvalue weighted by Crippen LogP contribution is -2.24. The molecule has 2 atom stereocenters. The number of ketones is 4. The van der Waals surface area contributed by atoms with Gasteiger partial charge in [0.1, 0.15) is 0 Å². The molecule has 0 amide bonds. The van der Waals surface area contributed by atoms with Gasteiger partial charge in [-0.15, -0.1) is 90.7 Å². The van der Waals surface area contributed by atoms with E-state index >= 15 is 9.59 Å². The number of pyridine rings is 2. The molecule has 134 heavy (non-hydrogen) atoms. The molecule has 0 spiro atoms. The van der Waals surface area contributed by atoms with Gasteiger partial charge >= 0.3 is 0 Å².